The molecule has 0 heterocycles. The van der Waals surface area contributed by atoms with Crippen molar-refractivity contribution in [2.45, 2.75) is 13.0 Å². The molecule has 1 N–H and O–H groups in total. The second-order valence-corrected chi connectivity index (χ2v) is 5.57. The summed E-state index contributed by atoms with van der Waals surface area (Å²) in [7, 11) is 0. The highest BCUT2D eigenvalue weighted by atomic mass is 35.5. The van der Waals surface area contributed by atoms with E-state index in [1.807, 2.05) is 0 Å². The lowest BCUT2D eigenvalue weighted by Gasteiger charge is -2.15. The van der Waals surface area contributed by atoms with Crippen molar-refractivity contribution in [1.29, 1.82) is 0 Å². The second kappa shape index (κ2) is 7.59. The normalized spacial score (nSPS) is 11.7. The van der Waals surface area contributed by atoms with Gasteiger partial charge in [0.05, 0.1) is 15.7 Å². The van der Waals surface area contributed by atoms with Crippen molar-refractivity contribution in [2.75, 3.05) is 5.32 Å². The zero-order valence-corrected chi connectivity index (χ0v) is 13.8. The Morgan fingerprint density at radius 3 is 2.46 bits per heavy atom. The van der Waals surface area contributed by atoms with Gasteiger partial charge in [-0.1, -0.05) is 29.3 Å². The minimum absolute atomic E-state index is 0.0148. The third-order valence-electron chi connectivity index (χ3n) is 3.01. The molecule has 0 aliphatic rings. The van der Waals surface area contributed by atoms with Gasteiger partial charge in [-0.15, -0.1) is 0 Å². The first-order valence-electron chi connectivity index (χ1n) is 6.70. The number of esters is 1. The molecule has 1 amide bonds. The van der Waals surface area contributed by atoms with Crippen molar-refractivity contribution in [1.82, 2.24) is 0 Å². The summed E-state index contributed by atoms with van der Waals surface area (Å²) in [6, 6.07) is 7.10. The molecule has 126 valence electrons. The Balaban J connectivity index is 2.07. The minimum Gasteiger partial charge on any atom is -0.449 e. The number of nitrogens with one attached hydrogen (secondary N) is 1. The first kappa shape index (κ1) is 18.2. The fourth-order valence-electron chi connectivity index (χ4n) is 1.79. The molecule has 0 saturated heterocycles. The number of anilines is 1. The number of amides is 1. The van der Waals surface area contributed by atoms with Gasteiger partial charge in [-0.2, -0.15) is 0 Å². The summed E-state index contributed by atoms with van der Waals surface area (Å²) < 4.78 is 31.5. The monoisotopic (exact) mass is 373 g/mol. The second-order valence-electron chi connectivity index (χ2n) is 4.76. The van der Waals surface area contributed by atoms with Crippen molar-refractivity contribution in [3.63, 3.8) is 0 Å². The molecule has 0 saturated carbocycles. The van der Waals surface area contributed by atoms with Gasteiger partial charge in [-0.25, -0.2) is 13.6 Å². The van der Waals surface area contributed by atoms with Crippen LogP contribution in [0.15, 0.2) is 36.4 Å². The maximum atomic E-state index is 13.7. The molecule has 0 fully saturated rings. The number of benzene rings is 2. The molecule has 0 aliphatic carbocycles. The smallest absolute Gasteiger partial charge is 0.343 e. The van der Waals surface area contributed by atoms with Crippen LogP contribution in [0.4, 0.5) is 14.5 Å². The van der Waals surface area contributed by atoms with Gasteiger partial charge in [-0.05, 0) is 37.3 Å². The zero-order valence-electron chi connectivity index (χ0n) is 12.3. The van der Waals surface area contributed by atoms with Crippen LogP contribution in [0.3, 0.4) is 0 Å². The van der Waals surface area contributed by atoms with E-state index in [2.05, 4.69) is 5.32 Å². The van der Waals surface area contributed by atoms with Crippen molar-refractivity contribution in [2.24, 2.45) is 0 Å². The maximum Gasteiger partial charge on any atom is 0.343 e. The van der Waals surface area contributed by atoms with Crippen LogP contribution >= 0.6 is 23.2 Å². The molecule has 4 nitrogen and oxygen atoms in total. The molecular weight excluding hydrogens is 363 g/mol. The Labute approximate surface area is 146 Å². The Morgan fingerprint density at radius 1 is 1.12 bits per heavy atom. The quantitative estimate of drug-likeness (QED) is 0.805. The third-order valence-corrected chi connectivity index (χ3v) is 3.64. The van der Waals surface area contributed by atoms with Crippen LogP contribution in [0.2, 0.25) is 10.0 Å². The highest BCUT2D eigenvalue weighted by Crippen LogP contribution is 2.23. The molecular formula is C16H11Cl2F2NO3. The molecule has 1 atom stereocenters. The van der Waals surface area contributed by atoms with Crippen molar-refractivity contribution in [3.8, 4) is 0 Å². The molecule has 2 rings (SSSR count). The fraction of sp³-hybridized carbons (Fsp3) is 0.125. The maximum absolute atomic E-state index is 13.7. The van der Waals surface area contributed by atoms with Crippen LogP contribution in [0.5, 0.6) is 0 Å². The predicted octanol–water partition coefficient (Wildman–Crippen LogP) is 4.46. The summed E-state index contributed by atoms with van der Waals surface area (Å²) in [5.41, 5.74) is -0.312. The molecule has 0 bridgehead atoms. The zero-order chi connectivity index (χ0) is 17.9. The largest absolute Gasteiger partial charge is 0.449 e. The van der Waals surface area contributed by atoms with E-state index in [1.54, 1.807) is 0 Å². The fourth-order valence-corrected chi connectivity index (χ4v) is 2.25. The van der Waals surface area contributed by atoms with Gasteiger partial charge in [0.25, 0.3) is 5.91 Å². The van der Waals surface area contributed by atoms with Crippen LogP contribution in [-0.2, 0) is 9.53 Å². The van der Waals surface area contributed by atoms with Gasteiger partial charge in [-0.3, -0.25) is 4.79 Å². The van der Waals surface area contributed by atoms with E-state index in [4.69, 9.17) is 27.9 Å². The number of ether oxygens (including phenoxy) is 1. The predicted molar refractivity (Wildman–Crippen MR) is 86.3 cm³/mol. The summed E-state index contributed by atoms with van der Waals surface area (Å²) in [6.07, 6.45) is -1.26. The highest BCUT2D eigenvalue weighted by molar-refractivity contribution is 6.34. The molecule has 0 radical (unpaired) electrons. The lowest BCUT2D eigenvalue weighted by atomic mass is 10.2. The molecule has 0 unspecified atom stereocenters. The van der Waals surface area contributed by atoms with Crippen LogP contribution in [-0.4, -0.2) is 18.0 Å². The number of halogens is 4. The Kier molecular flexibility index (Phi) is 5.75. The number of hydrogen-bond donors (Lipinski definition) is 1. The van der Waals surface area contributed by atoms with Crippen LogP contribution in [0.1, 0.15) is 17.3 Å². The van der Waals surface area contributed by atoms with Crippen molar-refractivity contribution in [3.05, 3.63) is 63.6 Å². The van der Waals surface area contributed by atoms with E-state index in [1.165, 1.54) is 25.1 Å². The standard InChI is InChI=1S/C16H11Cl2F2NO3/c1-8(15(22)21-13-6-5-9(19)7-11(13)18)24-16(23)14-10(17)3-2-4-12(14)20/h2-8H,1H3,(H,21,22)/t8-/m1/s1. The summed E-state index contributed by atoms with van der Waals surface area (Å²) in [4.78, 5) is 24.0. The van der Waals surface area contributed by atoms with Gasteiger partial charge >= 0.3 is 5.97 Å². The summed E-state index contributed by atoms with van der Waals surface area (Å²) >= 11 is 11.6. The molecule has 2 aromatic rings. The molecule has 0 aromatic heterocycles. The van der Waals surface area contributed by atoms with E-state index in [0.29, 0.717) is 0 Å². The van der Waals surface area contributed by atoms with Crippen LogP contribution in [0.25, 0.3) is 0 Å². The van der Waals surface area contributed by atoms with E-state index < -0.39 is 35.2 Å². The van der Waals surface area contributed by atoms with Gasteiger partial charge in [0.1, 0.15) is 17.2 Å². The van der Waals surface area contributed by atoms with Gasteiger partial charge < -0.3 is 10.1 Å². The van der Waals surface area contributed by atoms with E-state index in [-0.39, 0.29) is 15.7 Å². The average molecular weight is 374 g/mol. The number of rotatable bonds is 4. The molecule has 8 heteroatoms. The van der Waals surface area contributed by atoms with E-state index in [9.17, 15) is 18.4 Å². The molecule has 0 spiro atoms. The van der Waals surface area contributed by atoms with Gasteiger partial charge in [0.15, 0.2) is 6.10 Å². The Morgan fingerprint density at radius 2 is 1.83 bits per heavy atom. The average Bonchev–Trinajstić information content (AvgIpc) is 2.49. The minimum atomic E-state index is -1.26. The van der Waals surface area contributed by atoms with Crippen LogP contribution < -0.4 is 5.32 Å². The summed E-state index contributed by atoms with van der Waals surface area (Å²) in [6.45, 7) is 1.29. The lowest BCUT2D eigenvalue weighted by molar-refractivity contribution is -0.123. The highest BCUT2D eigenvalue weighted by Gasteiger charge is 2.23. The van der Waals surface area contributed by atoms with Crippen molar-refractivity contribution < 1.29 is 23.1 Å². The SMILES string of the molecule is C[C@@H](OC(=O)c1c(F)cccc1Cl)C(=O)Nc1ccc(F)cc1Cl. The Hall–Kier alpha value is -2.18. The summed E-state index contributed by atoms with van der Waals surface area (Å²) in [5, 5.41) is 2.24. The van der Waals surface area contributed by atoms with Gasteiger partial charge in [0.2, 0.25) is 0 Å². The number of carbonyl (C=O) groups is 2. The van der Waals surface area contributed by atoms with Gasteiger partial charge in [0, 0.05) is 0 Å². The van der Waals surface area contributed by atoms with E-state index >= 15 is 0 Å². The topological polar surface area (TPSA) is 55.4 Å². The first-order chi connectivity index (χ1) is 11.3. The third kappa shape index (κ3) is 4.21. The molecule has 2 aromatic carbocycles. The first-order valence-corrected chi connectivity index (χ1v) is 7.46. The van der Waals surface area contributed by atoms with E-state index in [0.717, 1.165) is 18.2 Å². The van der Waals surface area contributed by atoms with Crippen LogP contribution in [0, 0.1) is 11.6 Å². The Bertz CT molecular complexity index is 779. The van der Waals surface area contributed by atoms with Crippen molar-refractivity contribution >= 4 is 40.8 Å². The number of carbonyl (C=O) groups excluding carboxylic acids is 2. The molecule has 0 aliphatic heterocycles. The summed E-state index contributed by atoms with van der Waals surface area (Å²) in [5.74, 6) is -3.22. The number of hydrogen-bond acceptors (Lipinski definition) is 3. The lowest BCUT2D eigenvalue weighted by Crippen LogP contribution is -2.30. The molecule has 24 heavy (non-hydrogen) atoms.